The van der Waals surface area contributed by atoms with Gasteiger partial charge in [-0.3, -0.25) is 14.5 Å². The molecule has 2 aromatic heterocycles. The van der Waals surface area contributed by atoms with E-state index in [1.54, 1.807) is 19.1 Å². The fourth-order valence-electron chi connectivity index (χ4n) is 3.89. The summed E-state index contributed by atoms with van der Waals surface area (Å²) >= 11 is 0. The SMILES string of the molecule is CCc1ccc2oc3c(c(=O)c2c1)[C@@H](c1ccccc1)N(c1cc(C)on1)C3=O. The van der Waals surface area contributed by atoms with Crippen LogP contribution < -0.4 is 10.3 Å². The van der Waals surface area contributed by atoms with Gasteiger partial charge < -0.3 is 8.94 Å². The number of nitrogens with zero attached hydrogens (tertiary/aromatic N) is 2. The van der Waals surface area contributed by atoms with E-state index in [9.17, 15) is 9.59 Å². The zero-order chi connectivity index (χ0) is 20.1. The molecule has 1 aliphatic heterocycles. The third kappa shape index (κ3) is 2.60. The summed E-state index contributed by atoms with van der Waals surface area (Å²) in [4.78, 5) is 28.3. The smallest absolute Gasteiger partial charge is 0.296 e. The number of benzene rings is 2. The number of carbonyl (C=O) groups is 1. The molecule has 0 fully saturated rings. The van der Waals surface area contributed by atoms with Gasteiger partial charge in [0.1, 0.15) is 11.3 Å². The lowest BCUT2D eigenvalue weighted by Gasteiger charge is -2.22. The molecule has 6 heteroatoms. The van der Waals surface area contributed by atoms with E-state index in [1.807, 2.05) is 49.4 Å². The predicted molar refractivity (Wildman–Crippen MR) is 108 cm³/mol. The van der Waals surface area contributed by atoms with Gasteiger partial charge in [-0.2, -0.15) is 0 Å². The first-order valence-corrected chi connectivity index (χ1v) is 9.50. The summed E-state index contributed by atoms with van der Waals surface area (Å²) in [5.74, 6) is 0.583. The minimum atomic E-state index is -0.630. The number of aromatic nitrogens is 1. The number of rotatable bonds is 3. The first-order valence-electron chi connectivity index (χ1n) is 9.50. The van der Waals surface area contributed by atoms with Gasteiger partial charge in [0, 0.05) is 6.07 Å². The highest BCUT2D eigenvalue weighted by Gasteiger charge is 2.44. The molecule has 4 aromatic rings. The Hall–Kier alpha value is -3.67. The highest BCUT2D eigenvalue weighted by atomic mass is 16.5. The average molecular weight is 386 g/mol. The summed E-state index contributed by atoms with van der Waals surface area (Å²) in [7, 11) is 0. The van der Waals surface area contributed by atoms with Crippen molar-refractivity contribution in [1.29, 1.82) is 0 Å². The highest BCUT2D eigenvalue weighted by molar-refractivity contribution is 6.10. The molecular weight excluding hydrogens is 368 g/mol. The summed E-state index contributed by atoms with van der Waals surface area (Å²) in [5, 5.41) is 4.50. The van der Waals surface area contributed by atoms with Crippen molar-refractivity contribution in [2.45, 2.75) is 26.3 Å². The van der Waals surface area contributed by atoms with Crippen LogP contribution in [0, 0.1) is 6.92 Å². The third-order valence-electron chi connectivity index (χ3n) is 5.32. The van der Waals surface area contributed by atoms with E-state index in [0.717, 1.165) is 17.5 Å². The van der Waals surface area contributed by atoms with E-state index in [1.165, 1.54) is 4.90 Å². The molecule has 0 aliphatic carbocycles. The van der Waals surface area contributed by atoms with Gasteiger partial charge in [-0.15, -0.1) is 0 Å². The number of anilines is 1. The Kier molecular flexibility index (Phi) is 3.87. The number of carbonyl (C=O) groups excluding carboxylic acids is 1. The van der Waals surface area contributed by atoms with Gasteiger partial charge in [0.2, 0.25) is 5.76 Å². The topological polar surface area (TPSA) is 76.6 Å². The molecule has 6 nitrogen and oxygen atoms in total. The molecule has 0 N–H and O–H groups in total. The van der Waals surface area contributed by atoms with Crippen LogP contribution in [-0.2, 0) is 6.42 Å². The Morgan fingerprint density at radius 3 is 2.55 bits per heavy atom. The number of fused-ring (bicyclic) bond motifs is 2. The lowest BCUT2D eigenvalue weighted by Crippen LogP contribution is -2.29. The van der Waals surface area contributed by atoms with Crippen LogP contribution in [0.15, 0.2) is 68.3 Å². The third-order valence-corrected chi connectivity index (χ3v) is 5.32. The van der Waals surface area contributed by atoms with Crippen LogP contribution in [0.5, 0.6) is 0 Å². The maximum atomic E-state index is 13.5. The van der Waals surface area contributed by atoms with Gasteiger partial charge in [-0.1, -0.05) is 48.5 Å². The van der Waals surface area contributed by atoms with Crippen molar-refractivity contribution in [1.82, 2.24) is 5.16 Å². The van der Waals surface area contributed by atoms with Crippen LogP contribution >= 0.6 is 0 Å². The lowest BCUT2D eigenvalue weighted by molar-refractivity contribution is 0.0969. The van der Waals surface area contributed by atoms with E-state index < -0.39 is 11.9 Å². The molecule has 0 radical (unpaired) electrons. The zero-order valence-corrected chi connectivity index (χ0v) is 16.0. The lowest BCUT2D eigenvalue weighted by atomic mass is 9.98. The Morgan fingerprint density at radius 1 is 1.07 bits per heavy atom. The minimum absolute atomic E-state index is 0.0567. The van der Waals surface area contributed by atoms with Gasteiger partial charge in [-0.05, 0) is 36.6 Å². The van der Waals surface area contributed by atoms with Crippen molar-refractivity contribution in [2.24, 2.45) is 0 Å². The van der Waals surface area contributed by atoms with Crippen molar-refractivity contribution in [2.75, 3.05) is 4.90 Å². The Balaban J connectivity index is 1.82. The standard InChI is InChI=1S/C23H18N2O4/c1-3-14-9-10-17-16(12-14)21(26)19-20(15-7-5-4-6-8-15)25(23(27)22(19)28-17)18-11-13(2)29-24-18/h4-12,20H,3H2,1-2H3/t20-/m1/s1. The second-order valence-electron chi connectivity index (χ2n) is 7.14. The van der Waals surface area contributed by atoms with Crippen molar-refractivity contribution in [3.05, 3.63) is 93.0 Å². The summed E-state index contributed by atoms with van der Waals surface area (Å²) in [6.45, 7) is 3.78. The molecule has 1 aliphatic rings. The molecular formula is C23H18N2O4. The largest absolute Gasteiger partial charge is 0.450 e. The van der Waals surface area contributed by atoms with Crippen molar-refractivity contribution < 1.29 is 13.7 Å². The molecule has 0 saturated heterocycles. The molecule has 5 rings (SSSR count). The number of hydrogen-bond acceptors (Lipinski definition) is 5. The minimum Gasteiger partial charge on any atom is -0.450 e. The molecule has 1 amide bonds. The van der Waals surface area contributed by atoms with Gasteiger partial charge in [0.15, 0.2) is 11.2 Å². The monoisotopic (exact) mass is 386 g/mol. The van der Waals surface area contributed by atoms with Crippen LogP contribution in [0.2, 0.25) is 0 Å². The predicted octanol–water partition coefficient (Wildman–Crippen LogP) is 4.40. The molecule has 0 saturated carbocycles. The number of amides is 1. The van der Waals surface area contributed by atoms with E-state index in [4.69, 9.17) is 8.94 Å². The zero-order valence-electron chi connectivity index (χ0n) is 16.0. The normalized spacial score (nSPS) is 15.9. The summed E-state index contributed by atoms with van der Waals surface area (Å²) in [6, 6.07) is 16.0. The molecule has 0 unspecified atom stereocenters. The van der Waals surface area contributed by atoms with E-state index in [2.05, 4.69) is 5.16 Å². The fraction of sp³-hybridized carbons (Fsp3) is 0.174. The number of hydrogen-bond donors (Lipinski definition) is 0. The first kappa shape index (κ1) is 17.4. The second-order valence-corrected chi connectivity index (χ2v) is 7.14. The quantitative estimate of drug-likeness (QED) is 0.521. The Morgan fingerprint density at radius 2 is 1.86 bits per heavy atom. The molecule has 2 aromatic carbocycles. The van der Waals surface area contributed by atoms with Crippen LogP contribution in [0.3, 0.4) is 0 Å². The van der Waals surface area contributed by atoms with Crippen LogP contribution in [0.1, 0.15) is 46.0 Å². The van der Waals surface area contributed by atoms with Gasteiger partial charge in [0.05, 0.1) is 17.0 Å². The van der Waals surface area contributed by atoms with Crippen molar-refractivity contribution in [3.63, 3.8) is 0 Å². The van der Waals surface area contributed by atoms with E-state index in [0.29, 0.717) is 28.1 Å². The number of aryl methyl sites for hydroxylation is 2. The first-order chi connectivity index (χ1) is 14.1. The van der Waals surface area contributed by atoms with Crippen LogP contribution in [0.4, 0.5) is 5.82 Å². The maximum absolute atomic E-state index is 13.5. The Bertz CT molecular complexity index is 1300. The summed E-state index contributed by atoms with van der Waals surface area (Å²) in [6.07, 6.45) is 0.803. The average Bonchev–Trinajstić information content (AvgIpc) is 3.30. The van der Waals surface area contributed by atoms with Gasteiger partial charge in [-0.25, -0.2) is 0 Å². The highest BCUT2D eigenvalue weighted by Crippen LogP contribution is 2.40. The van der Waals surface area contributed by atoms with Crippen LogP contribution in [0.25, 0.3) is 11.0 Å². The second kappa shape index (κ2) is 6.44. The molecule has 29 heavy (non-hydrogen) atoms. The summed E-state index contributed by atoms with van der Waals surface area (Å²) in [5.41, 5.74) is 2.39. The van der Waals surface area contributed by atoms with Gasteiger partial charge in [0.25, 0.3) is 5.91 Å². The maximum Gasteiger partial charge on any atom is 0.296 e. The molecule has 3 heterocycles. The Labute approximate surface area is 166 Å². The van der Waals surface area contributed by atoms with E-state index >= 15 is 0 Å². The molecule has 0 bridgehead atoms. The van der Waals surface area contributed by atoms with E-state index in [-0.39, 0.29) is 11.2 Å². The molecule has 1 atom stereocenters. The summed E-state index contributed by atoms with van der Waals surface area (Å²) < 4.78 is 11.2. The van der Waals surface area contributed by atoms with Crippen molar-refractivity contribution >= 4 is 22.7 Å². The fourth-order valence-corrected chi connectivity index (χ4v) is 3.89. The van der Waals surface area contributed by atoms with Crippen molar-refractivity contribution in [3.8, 4) is 0 Å². The van der Waals surface area contributed by atoms with Crippen LogP contribution in [-0.4, -0.2) is 11.1 Å². The molecule has 144 valence electrons. The van der Waals surface area contributed by atoms with Gasteiger partial charge >= 0.3 is 0 Å². The molecule has 0 spiro atoms.